The summed E-state index contributed by atoms with van der Waals surface area (Å²) in [6.45, 7) is 0. The highest BCUT2D eigenvalue weighted by atomic mass is 35.5. The van der Waals surface area contributed by atoms with Crippen LogP contribution < -0.4 is 10.5 Å². The number of ether oxygens (including phenoxy) is 1. The molecule has 1 fully saturated rings. The fourth-order valence-electron chi connectivity index (χ4n) is 2.23. The van der Waals surface area contributed by atoms with Gasteiger partial charge in [0.25, 0.3) is 0 Å². The summed E-state index contributed by atoms with van der Waals surface area (Å²) >= 11 is 0. The monoisotopic (exact) mass is 275 g/mol. The maximum atomic E-state index is 6.25. The van der Waals surface area contributed by atoms with Crippen LogP contribution in [-0.4, -0.2) is 7.11 Å². The number of benzene rings is 2. The van der Waals surface area contributed by atoms with Crippen LogP contribution in [0.3, 0.4) is 0 Å². The van der Waals surface area contributed by atoms with E-state index in [2.05, 4.69) is 36.4 Å². The maximum absolute atomic E-state index is 6.25. The lowest BCUT2D eigenvalue weighted by Gasteiger charge is -2.11. The Balaban J connectivity index is 0.00000133. The van der Waals surface area contributed by atoms with Crippen LogP contribution in [0.4, 0.5) is 0 Å². The summed E-state index contributed by atoms with van der Waals surface area (Å²) in [4.78, 5) is 0. The van der Waals surface area contributed by atoms with Crippen molar-refractivity contribution >= 4 is 12.4 Å². The third-order valence-electron chi connectivity index (χ3n) is 3.63. The van der Waals surface area contributed by atoms with Crippen molar-refractivity contribution in [2.75, 3.05) is 7.11 Å². The molecule has 2 aromatic carbocycles. The zero-order chi connectivity index (χ0) is 12.6. The van der Waals surface area contributed by atoms with E-state index in [1.807, 2.05) is 12.1 Å². The van der Waals surface area contributed by atoms with Gasteiger partial charge in [-0.05, 0) is 47.7 Å². The molecule has 2 nitrogen and oxygen atoms in total. The third-order valence-corrected chi connectivity index (χ3v) is 3.63. The fourth-order valence-corrected chi connectivity index (χ4v) is 2.23. The molecule has 19 heavy (non-hydrogen) atoms. The van der Waals surface area contributed by atoms with Crippen LogP contribution in [0.2, 0.25) is 0 Å². The largest absolute Gasteiger partial charge is 0.497 e. The van der Waals surface area contributed by atoms with Crippen LogP contribution in [0.1, 0.15) is 18.4 Å². The van der Waals surface area contributed by atoms with Crippen molar-refractivity contribution in [2.24, 2.45) is 5.73 Å². The summed E-state index contributed by atoms with van der Waals surface area (Å²) in [5.74, 6) is 0.881. The second kappa shape index (κ2) is 5.24. The molecule has 3 heteroatoms. The van der Waals surface area contributed by atoms with E-state index in [9.17, 15) is 0 Å². The first-order valence-corrected chi connectivity index (χ1v) is 6.25. The average molecular weight is 276 g/mol. The van der Waals surface area contributed by atoms with Crippen molar-refractivity contribution in [2.45, 2.75) is 18.4 Å². The van der Waals surface area contributed by atoms with Gasteiger partial charge < -0.3 is 10.5 Å². The standard InChI is InChI=1S/C16H17NO.ClH/c1-18-15-7-3-5-13(11-15)12-4-2-6-14(10-12)16(17)8-9-16;/h2-7,10-11H,8-9,17H2,1H3;1H. The van der Waals surface area contributed by atoms with Crippen LogP contribution in [-0.2, 0) is 5.54 Å². The minimum atomic E-state index is -0.0745. The quantitative estimate of drug-likeness (QED) is 0.926. The molecule has 100 valence electrons. The van der Waals surface area contributed by atoms with Gasteiger partial charge in [-0.1, -0.05) is 30.3 Å². The van der Waals surface area contributed by atoms with Crippen LogP contribution >= 0.6 is 12.4 Å². The normalized spacial score (nSPS) is 15.5. The van der Waals surface area contributed by atoms with E-state index in [1.165, 1.54) is 16.7 Å². The summed E-state index contributed by atoms with van der Waals surface area (Å²) < 4.78 is 5.26. The topological polar surface area (TPSA) is 35.2 Å². The Labute approximate surface area is 120 Å². The van der Waals surface area contributed by atoms with E-state index >= 15 is 0 Å². The van der Waals surface area contributed by atoms with Gasteiger partial charge in [-0.2, -0.15) is 0 Å². The molecule has 1 aliphatic carbocycles. The first-order chi connectivity index (χ1) is 8.71. The zero-order valence-electron chi connectivity index (χ0n) is 10.9. The number of hydrogen-bond donors (Lipinski definition) is 1. The predicted octanol–water partition coefficient (Wildman–Crippen LogP) is 3.73. The molecule has 0 atom stereocenters. The lowest BCUT2D eigenvalue weighted by molar-refractivity contribution is 0.415. The van der Waals surface area contributed by atoms with E-state index in [4.69, 9.17) is 10.5 Å². The number of rotatable bonds is 3. The van der Waals surface area contributed by atoms with E-state index in [-0.39, 0.29) is 17.9 Å². The predicted molar refractivity (Wildman–Crippen MR) is 80.8 cm³/mol. The van der Waals surface area contributed by atoms with Crippen molar-refractivity contribution in [3.8, 4) is 16.9 Å². The van der Waals surface area contributed by atoms with Gasteiger partial charge in [-0.3, -0.25) is 0 Å². The van der Waals surface area contributed by atoms with Gasteiger partial charge in [-0.25, -0.2) is 0 Å². The van der Waals surface area contributed by atoms with Gasteiger partial charge >= 0.3 is 0 Å². The van der Waals surface area contributed by atoms with Crippen LogP contribution in [0, 0.1) is 0 Å². The summed E-state index contributed by atoms with van der Waals surface area (Å²) in [6, 6.07) is 16.6. The van der Waals surface area contributed by atoms with Gasteiger partial charge in [0.1, 0.15) is 5.75 Å². The summed E-state index contributed by atoms with van der Waals surface area (Å²) in [5.41, 5.74) is 9.77. The fraction of sp³-hybridized carbons (Fsp3) is 0.250. The number of methoxy groups -OCH3 is 1. The molecule has 1 saturated carbocycles. The Bertz CT molecular complexity index is 578. The molecule has 0 amide bonds. The number of halogens is 1. The summed E-state index contributed by atoms with van der Waals surface area (Å²) in [6.07, 6.45) is 2.18. The molecule has 0 radical (unpaired) electrons. The molecule has 1 aliphatic rings. The Kier molecular flexibility index (Phi) is 3.83. The van der Waals surface area contributed by atoms with E-state index < -0.39 is 0 Å². The van der Waals surface area contributed by atoms with Gasteiger partial charge in [0, 0.05) is 5.54 Å². The molecular formula is C16H18ClNO. The first-order valence-electron chi connectivity index (χ1n) is 6.25. The van der Waals surface area contributed by atoms with Crippen molar-refractivity contribution < 1.29 is 4.74 Å². The third kappa shape index (κ3) is 2.75. The van der Waals surface area contributed by atoms with E-state index in [1.54, 1.807) is 7.11 Å². The summed E-state index contributed by atoms with van der Waals surface area (Å²) in [7, 11) is 1.69. The van der Waals surface area contributed by atoms with Gasteiger partial charge in [0.15, 0.2) is 0 Å². The smallest absolute Gasteiger partial charge is 0.119 e. The molecule has 0 heterocycles. The molecule has 0 spiro atoms. The SMILES string of the molecule is COc1cccc(-c2cccc(C3(N)CC3)c2)c1.Cl. The van der Waals surface area contributed by atoms with Crippen molar-refractivity contribution in [1.82, 2.24) is 0 Å². The highest BCUT2D eigenvalue weighted by Gasteiger charge is 2.39. The minimum Gasteiger partial charge on any atom is -0.497 e. The van der Waals surface area contributed by atoms with Gasteiger partial charge in [-0.15, -0.1) is 12.4 Å². The van der Waals surface area contributed by atoms with E-state index in [0.29, 0.717) is 0 Å². The van der Waals surface area contributed by atoms with Gasteiger partial charge in [0.05, 0.1) is 7.11 Å². The molecular weight excluding hydrogens is 258 g/mol. The Morgan fingerprint density at radius 2 is 1.63 bits per heavy atom. The molecule has 0 unspecified atom stereocenters. The second-order valence-electron chi connectivity index (χ2n) is 4.97. The second-order valence-corrected chi connectivity index (χ2v) is 4.97. The highest BCUT2D eigenvalue weighted by Crippen LogP contribution is 2.43. The molecule has 0 bridgehead atoms. The number of nitrogens with two attached hydrogens (primary N) is 1. The van der Waals surface area contributed by atoms with Crippen LogP contribution in [0.15, 0.2) is 48.5 Å². The van der Waals surface area contributed by atoms with Crippen molar-refractivity contribution in [3.05, 3.63) is 54.1 Å². The van der Waals surface area contributed by atoms with Crippen LogP contribution in [0.25, 0.3) is 11.1 Å². The lowest BCUT2D eigenvalue weighted by Crippen LogP contribution is -2.18. The number of hydrogen-bond acceptors (Lipinski definition) is 2. The first kappa shape index (κ1) is 13.9. The molecule has 2 aromatic rings. The van der Waals surface area contributed by atoms with E-state index in [0.717, 1.165) is 18.6 Å². The Hall–Kier alpha value is -1.51. The maximum Gasteiger partial charge on any atom is 0.119 e. The Morgan fingerprint density at radius 1 is 1.00 bits per heavy atom. The molecule has 2 N–H and O–H groups in total. The molecule has 0 aromatic heterocycles. The lowest BCUT2D eigenvalue weighted by atomic mass is 9.98. The summed E-state index contributed by atoms with van der Waals surface area (Å²) in [5, 5.41) is 0. The van der Waals surface area contributed by atoms with Gasteiger partial charge in [0.2, 0.25) is 0 Å². The van der Waals surface area contributed by atoms with Crippen LogP contribution in [0.5, 0.6) is 5.75 Å². The Morgan fingerprint density at radius 3 is 2.26 bits per heavy atom. The highest BCUT2D eigenvalue weighted by molar-refractivity contribution is 5.85. The molecule has 0 saturated heterocycles. The average Bonchev–Trinajstić information content (AvgIpc) is 3.18. The minimum absolute atomic E-state index is 0. The van der Waals surface area contributed by atoms with Crippen molar-refractivity contribution in [3.63, 3.8) is 0 Å². The zero-order valence-corrected chi connectivity index (χ0v) is 11.7. The van der Waals surface area contributed by atoms with Crippen molar-refractivity contribution in [1.29, 1.82) is 0 Å². The molecule has 3 rings (SSSR count). The molecule has 0 aliphatic heterocycles.